The molecule has 13 heavy (non-hydrogen) atoms. The molecule has 3 heteroatoms. The zero-order valence-corrected chi connectivity index (χ0v) is 7.69. The number of aliphatic hydroxyl groups excluding tert-OH is 1. The van der Waals surface area contributed by atoms with E-state index in [0.717, 1.165) is 6.42 Å². The molecule has 1 saturated heterocycles. The summed E-state index contributed by atoms with van der Waals surface area (Å²) in [5, 5.41) is 9.18. The second-order valence-electron chi connectivity index (χ2n) is 4.05. The lowest BCUT2D eigenvalue weighted by Gasteiger charge is -2.17. The summed E-state index contributed by atoms with van der Waals surface area (Å²) >= 11 is 0. The van der Waals surface area contributed by atoms with Crippen LogP contribution in [0.4, 0.5) is 0 Å². The number of hydrogen-bond acceptors (Lipinski definition) is 3. The van der Waals surface area contributed by atoms with E-state index in [-0.39, 0.29) is 30.5 Å². The Morgan fingerprint density at radius 2 is 2.38 bits per heavy atom. The summed E-state index contributed by atoms with van der Waals surface area (Å²) in [6.07, 6.45) is 0.841. The third-order valence-electron chi connectivity index (χ3n) is 3.33. The summed E-state index contributed by atoms with van der Waals surface area (Å²) in [6.45, 7) is 5.93. The lowest BCUT2D eigenvalue weighted by atomic mass is 9.87. The van der Waals surface area contributed by atoms with E-state index in [1.165, 1.54) is 0 Å². The third-order valence-corrected chi connectivity index (χ3v) is 3.33. The highest BCUT2D eigenvalue weighted by molar-refractivity contribution is 5.91. The topological polar surface area (TPSA) is 46.5 Å². The van der Waals surface area contributed by atoms with Gasteiger partial charge >= 0.3 is 5.97 Å². The Kier molecular flexibility index (Phi) is 1.91. The average Bonchev–Trinajstić information content (AvgIpc) is 2.51. The Labute approximate surface area is 77.4 Å². The zero-order chi connectivity index (χ0) is 9.59. The molecule has 1 aliphatic heterocycles. The molecule has 0 aromatic heterocycles. The average molecular weight is 182 g/mol. The van der Waals surface area contributed by atoms with Gasteiger partial charge in [0.2, 0.25) is 0 Å². The molecule has 1 N–H and O–H groups in total. The lowest BCUT2D eigenvalue weighted by molar-refractivity contribution is -0.139. The maximum absolute atomic E-state index is 11.2. The van der Waals surface area contributed by atoms with E-state index in [9.17, 15) is 9.90 Å². The van der Waals surface area contributed by atoms with Gasteiger partial charge in [-0.2, -0.15) is 0 Å². The standard InChI is InChI=1S/C10H14O3/c1-5-3-8-9(7(5)4-11)6(2)10(12)13-8/h5,7-9,11H,2-4H2,1H3. The Morgan fingerprint density at radius 1 is 1.69 bits per heavy atom. The first-order chi connectivity index (χ1) is 6.15. The molecule has 4 unspecified atom stereocenters. The minimum absolute atomic E-state index is 0.0212. The zero-order valence-electron chi connectivity index (χ0n) is 7.69. The summed E-state index contributed by atoms with van der Waals surface area (Å²) in [5.41, 5.74) is 0.549. The molecule has 0 aromatic carbocycles. The first kappa shape index (κ1) is 8.75. The number of rotatable bonds is 1. The highest BCUT2D eigenvalue weighted by atomic mass is 16.6. The van der Waals surface area contributed by atoms with Crippen molar-refractivity contribution in [2.45, 2.75) is 19.4 Å². The van der Waals surface area contributed by atoms with Crippen molar-refractivity contribution in [3.05, 3.63) is 12.2 Å². The molecular weight excluding hydrogens is 168 g/mol. The van der Waals surface area contributed by atoms with Crippen molar-refractivity contribution in [3.8, 4) is 0 Å². The number of esters is 1. The first-order valence-corrected chi connectivity index (χ1v) is 4.65. The van der Waals surface area contributed by atoms with Crippen LogP contribution in [0.3, 0.4) is 0 Å². The lowest BCUT2D eigenvalue weighted by Crippen LogP contribution is -2.20. The van der Waals surface area contributed by atoms with E-state index in [4.69, 9.17) is 4.74 Å². The largest absolute Gasteiger partial charge is 0.458 e. The summed E-state index contributed by atoms with van der Waals surface area (Å²) in [6, 6.07) is 0. The summed E-state index contributed by atoms with van der Waals surface area (Å²) in [5.74, 6) is 0.363. The molecule has 0 radical (unpaired) electrons. The number of ether oxygens (including phenoxy) is 1. The van der Waals surface area contributed by atoms with Crippen LogP contribution in [0.15, 0.2) is 12.2 Å². The van der Waals surface area contributed by atoms with Gasteiger partial charge in [0.15, 0.2) is 0 Å². The van der Waals surface area contributed by atoms with Crippen LogP contribution in [0.2, 0.25) is 0 Å². The highest BCUT2D eigenvalue weighted by Gasteiger charge is 2.50. The summed E-state index contributed by atoms with van der Waals surface area (Å²) in [4.78, 5) is 11.2. The molecule has 0 bridgehead atoms. The summed E-state index contributed by atoms with van der Waals surface area (Å²) < 4.78 is 5.15. The van der Waals surface area contributed by atoms with Crippen molar-refractivity contribution in [1.29, 1.82) is 0 Å². The maximum Gasteiger partial charge on any atom is 0.334 e. The molecule has 0 aromatic rings. The van der Waals surface area contributed by atoms with Crippen LogP contribution in [0.1, 0.15) is 13.3 Å². The molecule has 1 heterocycles. The third kappa shape index (κ3) is 1.10. The van der Waals surface area contributed by atoms with Crippen LogP contribution in [-0.2, 0) is 9.53 Å². The van der Waals surface area contributed by atoms with E-state index in [2.05, 4.69) is 13.5 Å². The van der Waals surface area contributed by atoms with Gasteiger partial charge in [-0.15, -0.1) is 0 Å². The van der Waals surface area contributed by atoms with Gasteiger partial charge < -0.3 is 9.84 Å². The van der Waals surface area contributed by atoms with Crippen molar-refractivity contribution in [2.75, 3.05) is 6.61 Å². The van der Waals surface area contributed by atoms with Crippen molar-refractivity contribution in [3.63, 3.8) is 0 Å². The van der Waals surface area contributed by atoms with Crippen LogP contribution >= 0.6 is 0 Å². The van der Waals surface area contributed by atoms with Crippen molar-refractivity contribution >= 4 is 5.97 Å². The predicted octanol–water partition coefficient (Wildman–Crippen LogP) is 0.732. The molecule has 2 rings (SSSR count). The van der Waals surface area contributed by atoms with Crippen LogP contribution in [-0.4, -0.2) is 23.8 Å². The number of carbonyl (C=O) groups is 1. The minimum Gasteiger partial charge on any atom is -0.458 e. The monoisotopic (exact) mass is 182 g/mol. The molecule has 4 atom stereocenters. The fraction of sp³-hybridized carbons (Fsp3) is 0.700. The smallest absolute Gasteiger partial charge is 0.334 e. The van der Waals surface area contributed by atoms with Gasteiger partial charge in [-0.05, 0) is 18.3 Å². The first-order valence-electron chi connectivity index (χ1n) is 4.65. The predicted molar refractivity (Wildman–Crippen MR) is 46.9 cm³/mol. The van der Waals surface area contributed by atoms with Gasteiger partial charge in [0.25, 0.3) is 0 Å². The van der Waals surface area contributed by atoms with Gasteiger partial charge in [-0.3, -0.25) is 0 Å². The van der Waals surface area contributed by atoms with E-state index in [1.54, 1.807) is 0 Å². The second kappa shape index (κ2) is 2.84. The van der Waals surface area contributed by atoms with Gasteiger partial charge in [-0.25, -0.2) is 4.79 Å². The molecule has 2 aliphatic rings. The molecule has 72 valence electrons. The molecule has 3 nitrogen and oxygen atoms in total. The van der Waals surface area contributed by atoms with Crippen LogP contribution in [0.25, 0.3) is 0 Å². The number of aliphatic hydroxyl groups is 1. The van der Waals surface area contributed by atoms with Gasteiger partial charge in [0.05, 0.1) is 0 Å². The van der Waals surface area contributed by atoms with E-state index in [0.29, 0.717) is 11.5 Å². The van der Waals surface area contributed by atoms with Crippen LogP contribution < -0.4 is 0 Å². The number of carbonyl (C=O) groups excluding carboxylic acids is 1. The minimum atomic E-state index is -0.277. The van der Waals surface area contributed by atoms with Gasteiger partial charge in [-0.1, -0.05) is 13.5 Å². The fourth-order valence-corrected chi connectivity index (χ4v) is 2.56. The quantitative estimate of drug-likeness (QED) is 0.480. The normalized spacial score (nSPS) is 43.5. The highest BCUT2D eigenvalue weighted by Crippen LogP contribution is 2.46. The SMILES string of the molecule is C=C1C(=O)OC2CC(C)C(CO)C12. The molecular formula is C10H14O3. The Balaban J connectivity index is 2.24. The van der Waals surface area contributed by atoms with Crippen molar-refractivity contribution in [2.24, 2.45) is 17.8 Å². The van der Waals surface area contributed by atoms with Crippen molar-refractivity contribution < 1.29 is 14.6 Å². The molecule has 1 saturated carbocycles. The fourth-order valence-electron chi connectivity index (χ4n) is 2.56. The Hall–Kier alpha value is -0.830. The Morgan fingerprint density at radius 3 is 3.00 bits per heavy atom. The van der Waals surface area contributed by atoms with Gasteiger partial charge in [0.1, 0.15) is 6.10 Å². The molecule has 2 fully saturated rings. The molecule has 1 aliphatic carbocycles. The molecule has 0 amide bonds. The van der Waals surface area contributed by atoms with E-state index in [1.807, 2.05) is 0 Å². The summed E-state index contributed by atoms with van der Waals surface area (Å²) in [7, 11) is 0. The van der Waals surface area contributed by atoms with Crippen LogP contribution in [0.5, 0.6) is 0 Å². The van der Waals surface area contributed by atoms with Gasteiger partial charge in [0, 0.05) is 18.1 Å². The van der Waals surface area contributed by atoms with E-state index < -0.39 is 0 Å². The maximum atomic E-state index is 11.2. The number of fused-ring (bicyclic) bond motifs is 1. The van der Waals surface area contributed by atoms with Crippen molar-refractivity contribution in [1.82, 2.24) is 0 Å². The van der Waals surface area contributed by atoms with Crippen LogP contribution in [0, 0.1) is 17.8 Å². The second-order valence-corrected chi connectivity index (χ2v) is 4.05. The molecule has 0 spiro atoms. The van der Waals surface area contributed by atoms with E-state index >= 15 is 0 Å². The number of hydrogen-bond donors (Lipinski definition) is 1. The Bertz CT molecular complexity index is 259.